The summed E-state index contributed by atoms with van der Waals surface area (Å²) >= 11 is 0. The zero-order valence-corrected chi connectivity index (χ0v) is 20.0. The van der Waals surface area contributed by atoms with Gasteiger partial charge in [-0.15, -0.1) is 0 Å². The van der Waals surface area contributed by atoms with Crippen molar-refractivity contribution in [3.8, 4) is 5.75 Å². The highest BCUT2D eigenvalue weighted by Gasteiger charge is 2.60. The molecular formula is C26H23N3O8. The van der Waals surface area contributed by atoms with Gasteiger partial charge in [0, 0.05) is 12.1 Å². The Balaban J connectivity index is 1.21. The molecule has 5 rings (SSSR count). The molecule has 2 bridgehead atoms. The molecule has 2 aromatic rings. The van der Waals surface area contributed by atoms with Gasteiger partial charge in [-0.25, -0.2) is 4.79 Å². The molecule has 2 aliphatic carbocycles. The molecule has 11 nitrogen and oxygen atoms in total. The number of allylic oxidation sites excluding steroid dienone is 2. The maximum Gasteiger partial charge on any atom is 0.338 e. The Labute approximate surface area is 211 Å². The minimum Gasteiger partial charge on any atom is -0.497 e. The lowest BCUT2D eigenvalue weighted by atomic mass is 9.82. The number of hydrogen-bond donors (Lipinski definition) is 1. The summed E-state index contributed by atoms with van der Waals surface area (Å²) in [6, 6.07) is 9.67. The third-order valence-corrected chi connectivity index (χ3v) is 7.25. The van der Waals surface area contributed by atoms with E-state index in [2.05, 4.69) is 11.4 Å². The van der Waals surface area contributed by atoms with Gasteiger partial charge in [0.15, 0.2) is 6.61 Å². The predicted molar refractivity (Wildman–Crippen MR) is 130 cm³/mol. The summed E-state index contributed by atoms with van der Waals surface area (Å²) in [6.07, 6.45) is 2.94. The van der Waals surface area contributed by atoms with Gasteiger partial charge in [-0.1, -0.05) is 11.6 Å². The number of rotatable bonds is 7. The molecule has 11 heteroatoms. The Kier molecular flexibility index (Phi) is 5.98. The van der Waals surface area contributed by atoms with E-state index in [4.69, 9.17) is 9.47 Å². The standard InChI is InChI=1S/C26H23N3O8/c1-13-9-15-10-18(13)23-22(15)24(31)28(25(23)32)16-5-3-14(4-6-16)26(33)37-12-21(30)27-19-11-17(36-2)7-8-20(19)29(34)35/h3-9,11,15,18,22-23H,10,12H2,1-2H3,(H,27,30)/t15-,18+,22-,23-/m0/s1. The first-order chi connectivity index (χ1) is 17.7. The summed E-state index contributed by atoms with van der Waals surface area (Å²) in [7, 11) is 1.38. The molecule has 1 heterocycles. The molecule has 37 heavy (non-hydrogen) atoms. The number of carbonyl (C=O) groups excluding carboxylic acids is 4. The summed E-state index contributed by atoms with van der Waals surface area (Å²) in [5.41, 5.74) is 1.21. The van der Waals surface area contributed by atoms with E-state index in [1.807, 2.05) is 6.92 Å². The Bertz CT molecular complexity index is 1370. The largest absolute Gasteiger partial charge is 0.497 e. The van der Waals surface area contributed by atoms with Gasteiger partial charge in [-0.05, 0) is 55.5 Å². The fourth-order valence-electron chi connectivity index (χ4n) is 5.58. The smallest absolute Gasteiger partial charge is 0.338 e. The molecule has 1 aliphatic heterocycles. The first-order valence-corrected chi connectivity index (χ1v) is 11.6. The molecule has 3 aliphatic rings. The van der Waals surface area contributed by atoms with Crippen LogP contribution >= 0.6 is 0 Å². The Hall–Kier alpha value is -4.54. The van der Waals surface area contributed by atoms with Gasteiger partial charge in [0.2, 0.25) is 11.8 Å². The quantitative estimate of drug-likeness (QED) is 0.199. The minimum absolute atomic E-state index is 0.0928. The van der Waals surface area contributed by atoms with Crippen LogP contribution in [0.15, 0.2) is 54.1 Å². The van der Waals surface area contributed by atoms with Crippen molar-refractivity contribution in [2.75, 3.05) is 23.9 Å². The molecule has 1 saturated heterocycles. The number of fused-ring (bicyclic) bond motifs is 5. The second-order valence-electron chi connectivity index (χ2n) is 9.29. The van der Waals surface area contributed by atoms with Crippen LogP contribution in [0.2, 0.25) is 0 Å². The van der Waals surface area contributed by atoms with E-state index in [1.54, 1.807) is 0 Å². The lowest BCUT2D eigenvalue weighted by Gasteiger charge is -2.19. The summed E-state index contributed by atoms with van der Waals surface area (Å²) in [4.78, 5) is 62.6. The third kappa shape index (κ3) is 4.11. The number of nitro benzene ring substituents is 1. The molecular weight excluding hydrogens is 482 g/mol. The van der Waals surface area contributed by atoms with Gasteiger partial charge in [-0.3, -0.25) is 29.4 Å². The van der Waals surface area contributed by atoms with Gasteiger partial charge in [0.05, 0.1) is 35.1 Å². The SMILES string of the molecule is COc1ccc([N+](=O)[O-])c(NC(=O)COC(=O)c2ccc(N3C(=O)[C@@H]4[C@@H](C3=O)[C@H]3C=C(C)[C@H]4C3)cc2)c1. The van der Waals surface area contributed by atoms with E-state index in [0.29, 0.717) is 11.4 Å². The Morgan fingerprint density at radius 3 is 2.49 bits per heavy atom. The number of methoxy groups -OCH3 is 1. The summed E-state index contributed by atoms with van der Waals surface area (Å²) in [5.74, 6) is -2.18. The number of nitrogens with zero attached hydrogens (tertiary/aromatic N) is 2. The number of carbonyl (C=O) groups is 4. The van der Waals surface area contributed by atoms with Crippen LogP contribution in [0.5, 0.6) is 5.75 Å². The predicted octanol–water partition coefficient (Wildman–Crippen LogP) is 3.10. The van der Waals surface area contributed by atoms with Crippen LogP contribution in [-0.2, 0) is 19.1 Å². The van der Waals surface area contributed by atoms with Crippen LogP contribution in [0.1, 0.15) is 23.7 Å². The van der Waals surface area contributed by atoms with Gasteiger partial charge in [0.25, 0.3) is 11.6 Å². The van der Waals surface area contributed by atoms with E-state index in [0.717, 1.165) is 12.0 Å². The number of benzene rings is 2. The summed E-state index contributed by atoms with van der Waals surface area (Å²) < 4.78 is 10.0. The van der Waals surface area contributed by atoms with Crippen LogP contribution < -0.4 is 15.0 Å². The fraction of sp³-hybridized carbons (Fsp3) is 0.308. The van der Waals surface area contributed by atoms with E-state index in [9.17, 15) is 29.3 Å². The van der Waals surface area contributed by atoms with Crippen molar-refractivity contribution < 1.29 is 33.6 Å². The number of esters is 1. The Morgan fingerprint density at radius 2 is 1.81 bits per heavy atom. The third-order valence-electron chi connectivity index (χ3n) is 7.25. The normalized spacial score (nSPS) is 23.5. The number of nitro groups is 1. The molecule has 0 aromatic heterocycles. The zero-order chi connectivity index (χ0) is 26.4. The summed E-state index contributed by atoms with van der Waals surface area (Å²) in [6.45, 7) is 1.32. The monoisotopic (exact) mass is 505 g/mol. The van der Waals surface area contributed by atoms with Crippen molar-refractivity contribution in [3.05, 3.63) is 69.8 Å². The molecule has 4 atom stereocenters. The van der Waals surface area contributed by atoms with Crippen molar-refractivity contribution in [2.45, 2.75) is 13.3 Å². The number of anilines is 2. The molecule has 2 fully saturated rings. The van der Waals surface area contributed by atoms with Crippen molar-refractivity contribution in [1.82, 2.24) is 0 Å². The van der Waals surface area contributed by atoms with E-state index >= 15 is 0 Å². The first-order valence-electron chi connectivity index (χ1n) is 11.6. The first kappa shape index (κ1) is 24.2. The summed E-state index contributed by atoms with van der Waals surface area (Å²) in [5, 5.41) is 13.5. The number of hydrogen-bond acceptors (Lipinski definition) is 8. The molecule has 2 aromatic carbocycles. The van der Waals surface area contributed by atoms with Crippen molar-refractivity contribution in [1.29, 1.82) is 0 Å². The highest BCUT2D eigenvalue weighted by Crippen LogP contribution is 2.55. The lowest BCUT2D eigenvalue weighted by molar-refractivity contribution is -0.383. The molecule has 190 valence electrons. The van der Waals surface area contributed by atoms with Gasteiger partial charge in [-0.2, -0.15) is 0 Å². The van der Waals surface area contributed by atoms with Crippen LogP contribution in [0.3, 0.4) is 0 Å². The number of ether oxygens (including phenoxy) is 2. The number of amides is 3. The maximum absolute atomic E-state index is 13.1. The maximum atomic E-state index is 13.1. The highest BCUT2D eigenvalue weighted by molar-refractivity contribution is 6.23. The minimum atomic E-state index is -0.810. The van der Waals surface area contributed by atoms with Crippen molar-refractivity contribution >= 4 is 40.8 Å². The van der Waals surface area contributed by atoms with Crippen LogP contribution in [-0.4, -0.2) is 42.3 Å². The average molecular weight is 505 g/mol. The van der Waals surface area contributed by atoms with Crippen molar-refractivity contribution in [3.63, 3.8) is 0 Å². The van der Waals surface area contributed by atoms with E-state index < -0.39 is 23.4 Å². The second kappa shape index (κ2) is 9.16. The fourth-order valence-corrected chi connectivity index (χ4v) is 5.58. The van der Waals surface area contributed by atoms with E-state index in [-0.39, 0.29) is 52.4 Å². The topological polar surface area (TPSA) is 145 Å². The van der Waals surface area contributed by atoms with Gasteiger partial charge >= 0.3 is 5.97 Å². The molecule has 1 saturated carbocycles. The van der Waals surface area contributed by atoms with Gasteiger partial charge in [0.1, 0.15) is 11.4 Å². The number of imide groups is 1. The second-order valence-corrected chi connectivity index (χ2v) is 9.29. The van der Waals surface area contributed by atoms with Crippen LogP contribution in [0, 0.1) is 33.8 Å². The molecule has 0 unspecified atom stereocenters. The lowest BCUT2D eigenvalue weighted by Crippen LogP contribution is -2.33. The average Bonchev–Trinajstić information content (AvgIpc) is 3.52. The van der Waals surface area contributed by atoms with Crippen LogP contribution in [0.25, 0.3) is 0 Å². The molecule has 0 spiro atoms. The molecule has 0 radical (unpaired) electrons. The molecule has 1 N–H and O–H groups in total. The zero-order valence-electron chi connectivity index (χ0n) is 20.0. The highest BCUT2D eigenvalue weighted by atomic mass is 16.6. The Morgan fingerprint density at radius 1 is 1.11 bits per heavy atom. The van der Waals surface area contributed by atoms with Crippen LogP contribution in [0.4, 0.5) is 17.1 Å². The van der Waals surface area contributed by atoms with Crippen molar-refractivity contribution in [2.24, 2.45) is 23.7 Å². The number of nitrogens with one attached hydrogen (secondary N) is 1. The molecule has 3 amide bonds. The van der Waals surface area contributed by atoms with E-state index in [1.165, 1.54) is 54.5 Å². The van der Waals surface area contributed by atoms with Gasteiger partial charge < -0.3 is 14.8 Å².